The van der Waals surface area contributed by atoms with Crippen molar-refractivity contribution in [1.82, 2.24) is 10.6 Å². The van der Waals surface area contributed by atoms with E-state index in [1.807, 2.05) is 0 Å². The predicted octanol–water partition coefficient (Wildman–Crippen LogP) is 1.81. The molecule has 0 saturated heterocycles. The smallest absolute Gasteiger partial charge is 0.321 e. The van der Waals surface area contributed by atoms with Crippen LogP contribution in [0.15, 0.2) is 24.3 Å². The van der Waals surface area contributed by atoms with Gasteiger partial charge in [-0.3, -0.25) is 10.1 Å². The summed E-state index contributed by atoms with van der Waals surface area (Å²) in [6, 6.07) is 6.49. The largest absolute Gasteiger partial charge is 0.484 e. The van der Waals surface area contributed by atoms with Crippen molar-refractivity contribution in [3.63, 3.8) is 0 Å². The van der Waals surface area contributed by atoms with Crippen LogP contribution in [0.1, 0.15) is 32.1 Å². The summed E-state index contributed by atoms with van der Waals surface area (Å²) in [5, 5.41) is 5.08. The average Bonchev–Trinajstić information content (AvgIpc) is 2.46. The van der Waals surface area contributed by atoms with Gasteiger partial charge in [0.05, 0.1) is 0 Å². The second-order valence-electron chi connectivity index (χ2n) is 5.22. The summed E-state index contributed by atoms with van der Waals surface area (Å²) in [6.07, 6.45) is 5.41. The van der Waals surface area contributed by atoms with E-state index in [4.69, 9.17) is 10.5 Å². The Hall–Kier alpha value is -2.24. The van der Waals surface area contributed by atoms with E-state index >= 15 is 0 Å². The van der Waals surface area contributed by atoms with Gasteiger partial charge in [-0.25, -0.2) is 4.79 Å². The molecule has 3 amide bonds. The Morgan fingerprint density at radius 1 is 1.24 bits per heavy atom. The zero-order valence-electron chi connectivity index (χ0n) is 11.9. The van der Waals surface area contributed by atoms with Gasteiger partial charge in [-0.05, 0) is 25.0 Å². The Morgan fingerprint density at radius 2 is 2.00 bits per heavy atom. The number of ether oxygens (including phenoxy) is 1. The molecule has 6 nitrogen and oxygen atoms in total. The molecule has 6 heteroatoms. The first kappa shape index (κ1) is 15.2. The molecular weight excluding hydrogens is 270 g/mol. The third-order valence-corrected chi connectivity index (χ3v) is 3.42. The first-order chi connectivity index (χ1) is 10.1. The molecule has 1 fully saturated rings. The van der Waals surface area contributed by atoms with Gasteiger partial charge in [0.25, 0.3) is 5.91 Å². The number of amides is 3. The van der Waals surface area contributed by atoms with E-state index < -0.39 is 11.9 Å². The quantitative estimate of drug-likeness (QED) is 0.737. The first-order valence-electron chi connectivity index (χ1n) is 7.22. The van der Waals surface area contributed by atoms with E-state index in [9.17, 15) is 9.59 Å². The lowest BCUT2D eigenvalue weighted by Gasteiger charge is -2.22. The number of carbonyl (C=O) groups excluding carboxylic acids is 2. The highest BCUT2D eigenvalue weighted by molar-refractivity contribution is 5.95. The monoisotopic (exact) mass is 291 g/mol. The molecule has 0 heterocycles. The molecule has 114 valence electrons. The molecule has 4 N–H and O–H groups in total. The molecule has 0 atom stereocenters. The normalized spacial score (nSPS) is 15.2. The van der Waals surface area contributed by atoms with Gasteiger partial charge < -0.3 is 15.8 Å². The Kier molecular flexibility index (Phi) is 5.43. The van der Waals surface area contributed by atoms with Crippen LogP contribution >= 0.6 is 0 Å². The molecule has 0 spiro atoms. The van der Waals surface area contributed by atoms with E-state index in [0.29, 0.717) is 11.4 Å². The number of nitrogens with one attached hydrogen (secondary N) is 2. The van der Waals surface area contributed by atoms with E-state index in [1.165, 1.54) is 6.42 Å². The average molecular weight is 291 g/mol. The lowest BCUT2D eigenvalue weighted by Crippen LogP contribution is -2.46. The van der Waals surface area contributed by atoms with Gasteiger partial charge in [-0.2, -0.15) is 0 Å². The van der Waals surface area contributed by atoms with Gasteiger partial charge in [0.2, 0.25) is 0 Å². The maximum atomic E-state index is 11.7. The number of rotatable bonds is 4. The zero-order chi connectivity index (χ0) is 15.1. The van der Waals surface area contributed by atoms with Crippen LogP contribution in [0.25, 0.3) is 0 Å². The lowest BCUT2D eigenvalue weighted by atomic mass is 9.96. The van der Waals surface area contributed by atoms with Gasteiger partial charge in [-0.1, -0.05) is 25.3 Å². The summed E-state index contributed by atoms with van der Waals surface area (Å²) in [5.74, 6) is 0.0172. The lowest BCUT2D eigenvalue weighted by molar-refractivity contribution is -0.122. The van der Waals surface area contributed by atoms with Crippen molar-refractivity contribution >= 4 is 17.6 Å². The highest BCUT2D eigenvalue weighted by Crippen LogP contribution is 2.17. The molecule has 0 aromatic heterocycles. The topological polar surface area (TPSA) is 93.4 Å². The van der Waals surface area contributed by atoms with Crippen molar-refractivity contribution in [2.75, 3.05) is 12.3 Å². The number of anilines is 1. The predicted molar refractivity (Wildman–Crippen MR) is 79.9 cm³/mol. The van der Waals surface area contributed by atoms with Crippen LogP contribution in [-0.2, 0) is 4.79 Å². The Morgan fingerprint density at radius 3 is 2.71 bits per heavy atom. The molecule has 21 heavy (non-hydrogen) atoms. The maximum absolute atomic E-state index is 11.7. The number of hydrogen-bond donors (Lipinski definition) is 3. The van der Waals surface area contributed by atoms with Crippen molar-refractivity contribution < 1.29 is 14.3 Å². The second kappa shape index (κ2) is 7.52. The van der Waals surface area contributed by atoms with Gasteiger partial charge in [-0.15, -0.1) is 0 Å². The highest BCUT2D eigenvalue weighted by atomic mass is 16.5. The standard InChI is InChI=1S/C15H21N3O3/c16-11-5-4-8-13(9-11)21-10-14(19)18-15(20)17-12-6-2-1-3-7-12/h4-5,8-9,12H,1-3,6-7,10,16H2,(H2,17,18,19,20). The molecule has 0 bridgehead atoms. The second-order valence-corrected chi connectivity index (χ2v) is 5.22. The summed E-state index contributed by atoms with van der Waals surface area (Å²) in [6.45, 7) is -0.221. The van der Waals surface area contributed by atoms with Crippen LogP contribution in [0, 0.1) is 0 Å². The van der Waals surface area contributed by atoms with Crippen molar-refractivity contribution in [3.05, 3.63) is 24.3 Å². The van der Waals surface area contributed by atoms with Crippen LogP contribution < -0.4 is 21.1 Å². The van der Waals surface area contributed by atoms with Crippen molar-refractivity contribution in [2.45, 2.75) is 38.1 Å². The number of benzene rings is 1. The van der Waals surface area contributed by atoms with Gasteiger partial charge in [0, 0.05) is 17.8 Å². The molecule has 0 unspecified atom stereocenters. The summed E-state index contributed by atoms with van der Waals surface area (Å²) in [7, 11) is 0. The minimum absolute atomic E-state index is 0.168. The third-order valence-electron chi connectivity index (χ3n) is 3.42. The van der Waals surface area contributed by atoms with Crippen LogP contribution in [-0.4, -0.2) is 24.6 Å². The number of hydrogen-bond acceptors (Lipinski definition) is 4. The molecule has 1 aliphatic rings. The maximum Gasteiger partial charge on any atom is 0.321 e. The Labute approximate surface area is 124 Å². The molecular formula is C15H21N3O3. The van der Waals surface area contributed by atoms with E-state index in [-0.39, 0.29) is 12.6 Å². The van der Waals surface area contributed by atoms with Crippen LogP contribution in [0.5, 0.6) is 5.75 Å². The molecule has 2 rings (SSSR count). The van der Waals surface area contributed by atoms with E-state index in [1.54, 1.807) is 24.3 Å². The summed E-state index contributed by atoms with van der Waals surface area (Å²) < 4.78 is 5.27. The number of nitrogen functional groups attached to an aromatic ring is 1. The van der Waals surface area contributed by atoms with E-state index in [0.717, 1.165) is 25.7 Å². The summed E-state index contributed by atoms with van der Waals surface area (Å²) in [4.78, 5) is 23.3. The fraction of sp³-hybridized carbons (Fsp3) is 0.467. The SMILES string of the molecule is Nc1cccc(OCC(=O)NC(=O)NC2CCCCC2)c1. The van der Waals surface area contributed by atoms with Crippen molar-refractivity contribution in [3.8, 4) is 5.75 Å². The fourth-order valence-electron chi connectivity index (χ4n) is 2.38. The molecule has 1 aromatic rings. The van der Waals surface area contributed by atoms with Gasteiger partial charge in [0.15, 0.2) is 6.61 Å². The Bertz CT molecular complexity index is 499. The number of imide groups is 1. The highest BCUT2D eigenvalue weighted by Gasteiger charge is 2.16. The molecule has 1 aliphatic carbocycles. The van der Waals surface area contributed by atoms with Gasteiger partial charge >= 0.3 is 6.03 Å². The first-order valence-corrected chi connectivity index (χ1v) is 7.22. The number of carbonyl (C=O) groups is 2. The van der Waals surface area contributed by atoms with Gasteiger partial charge in [0.1, 0.15) is 5.75 Å². The van der Waals surface area contributed by atoms with E-state index in [2.05, 4.69) is 10.6 Å². The van der Waals surface area contributed by atoms with Crippen molar-refractivity contribution in [1.29, 1.82) is 0 Å². The number of nitrogens with two attached hydrogens (primary N) is 1. The summed E-state index contributed by atoms with van der Waals surface area (Å²) >= 11 is 0. The molecule has 0 radical (unpaired) electrons. The molecule has 1 aromatic carbocycles. The van der Waals surface area contributed by atoms with Crippen LogP contribution in [0.2, 0.25) is 0 Å². The van der Waals surface area contributed by atoms with Crippen molar-refractivity contribution in [2.24, 2.45) is 0 Å². The molecule has 1 saturated carbocycles. The fourth-order valence-corrected chi connectivity index (χ4v) is 2.38. The Balaban J connectivity index is 1.70. The van der Waals surface area contributed by atoms with Crippen LogP contribution in [0.3, 0.4) is 0 Å². The molecule has 0 aliphatic heterocycles. The zero-order valence-corrected chi connectivity index (χ0v) is 11.9. The number of urea groups is 1. The summed E-state index contributed by atoms with van der Waals surface area (Å²) in [5.41, 5.74) is 6.16. The minimum Gasteiger partial charge on any atom is -0.484 e. The minimum atomic E-state index is -0.481. The third kappa shape index (κ3) is 5.33. The van der Waals surface area contributed by atoms with Crippen LogP contribution in [0.4, 0.5) is 10.5 Å².